The number of hydrogen-bond acceptors (Lipinski definition) is 3. The smallest absolute Gasteiger partial charge is 0.338 e. The first kappa shape index (κ1) is 15.2. The van der Waals surface area contributed by atoms with E-state index < -0.39 is 29.4 Å². The van der Waals surface area contributed by atoms with Gasteiger partial charge in [0.15, 0.2) is 0 Å². The van der Waals surface area contributed by atoms with Gasteiger partial charge in [0.2, 0.25) is 0 Å². The second-order valence-electron chi connectivity index (χ2n) is 3.67. The first-order valence-electron chi connectivity index (χ1n) is 5.51. The molecule has 1 aromatic carbocycles. The van der Waals surface area contributed by atoms with Crippen LogP contribution in [-0.4, -0.2) is 36.2 Å². The molecule has 0 heterocycles. The summed E-state index contributed by atoms with van der Waals surface area (Å²) < 4.78 is 13.1. The van der Waals surface area contributed by atoms with Crippen LogP contribution >= 0.6 is 0 Å². The van der Waals surface area contributed by atoms with Gasteiger partial charge >= 0.3 is 18.0 Å². The summed E-state index contributed by atoms with van der Waals surface area (Å²) in [5.41, 5.74) is 4.41. The standard InChI is InChI=1S/C11H13FN4O4/c12-8-2-1-6(5-7(8)9(17)18)16-11(20)15-4-3-14-10(13)19/h1-2,5H,3-4H2,(H,17,18)(H3,13,14,19)(H2,15,16,20). The van der Waals surface area contributed by atoms with Crippen molar-refractivity contribution in [1.29, 1.82) is 0 Å². The summed E-state index contributed by atoms with van der Waals surface area (Å²) in [5.74, 6) is -2.33. The minimum atomic E-state index is -1.43. The summed E-state index contributed by atoms with van der Waals surface area (Å²) in [6.07, 6.45) is 0. The molecular weight excluding hydrogens is 271 g/mol. The maximum atomic E-state index is 13.1. The van der Waals surface area contributed by atoms with Gasteiger partial charge in [-0.25, -0.2) is 18.8 Å². The number of aromatic carboxylic acids is 1. The van der Waals surface area contributed by atoms with Crippen LogP contribution in [0.25, 0.3) is 0 Å². The monoisotopic (exact) mass is 284 g/mol. The Morgan fingerprint density at radius 1 is 1.20 bits per heavy atom. The first-order chi connectivity index (χ1) is 9.40. The van der Waals surface area contributed by atoms with Crippen LogP contribution in [0.15, 0.2) is 18.2 Å². The van der Waals surface area contributed by atoms with Gasteiger partial charge in [0, 0.05) is 18.8 Å². The molecule has 0 aliphatic heterocycles. The molecule has 9 heteroatoms. The highest BCUT2D eigenvalue weighted by Gasteiger charge is 2.11. The molecule has 4 amide bonds. The number of anilines is 1. The molecule has 8 nitrogen and oxygen atoms in total. The highest BCUT2D eigenvalue weighted by molar-refractivity contribution is 5.93. The van der Waals surface area contributed by atoms with E-state index in [0.717, 1.165) is 12.1 Å². The minimum Gasteiger partial charge on any atom is -0.478 e. The third-order valence-corrected chi connectivity index (χ3v) is 2.16. The molecule has 0 fully saturated rings. The van der Waals surface area contributed by atoms with Gasteiger partial charge < -0.3 is 26.8 Å². The minimum absolute atomic E-state index is 0.127. The van der Waals surface area contributed by atoms with Crippen molar-refractivity contribution < 1.29 is 23.9 Å². The van der Waals surface area contributed by atoms with Crippen molar-refractivity contribution in [3.05, 3.63) is 29.6 Å². The molecule has 0 bridgehead atoms. The zero-order chi connectivity index (χ0) is 15.1. The first-order valence-corrected chi connectivity index (χ1v) is 5.51. The number of benzene rings is 1. The van der Waals surface area contributed by atoms with E-state index in [0.29, 0.717) is 0 Å². The molecule has 1 aromatic rings. The number of carbonyl (C=O) groups is 3. The molecule has 1 rings (SSSR count). The Kier molecular flexibility index (Phi) is 5.27. The number of carboxylic acid groups (broad SMARTS) is 1. The summed E-state index contributed by atoms with van der Waals surface area (Å²) in [6.45, 7) is 0.272. The quantitative estimate of drug-likeness (QED) is 0.497. The average Bonchev–Trinajstić information content (AvgIpc) is 2.36. The van der Waals surface area contributed by atoms with Crippen molar-refractivity contribution in [1.82, 2.24) is 10.6 Å². The molecular formula is C11H13FN4O4. The molecule has 108 valence electrons. The fourth-order valence-electron chi connectivity index (χ4n) is 1.30. The maximum absolute atomic E-state index is 13.1. The van der Waals surface area contributed by atoms with Crippen LogP contribution in [0.2, 0.25) is 0 Å². The number of rotatable bonds is 5. The Bertz CT molecular complexity index is 535. The molecule has 0 saturated carbocycles. The molecule has 0 saturated heterocycles. The number of nitrogens with one attached hydrogen (secondary N) is 3. The fourth-order valence-corrected chi connectivity index (χ4v) is 1.30. The van der Waals surface area contributed by atoms with Gasteiger partial charge in [-0.1, -0.05) is 0 Å². The molecule has 0 aliphatic rings. The Labute approximate surface area is 113 Å². The number of primary amides is 1. The lowest BCUT2D eigenvalue weighted by atomic mass is 10.2. The van der Waals surface area contributed by atoms with Crippen LogP contribution in [-0.2, 0) is 0 Å². The molecule has 0 atom stereocenters. The molecule has 0 unspecified atom stereocenters. The van der Waals surface area contributed by atoms with Gasteiger partial charge in [0.25, 0.3) is 0 Å². The number of urea groups is 2. The van der Waals surface area contributed by atoms with Gasteiger partial charge in [-0.15, -0.1) is 0 Å². The Balaban J connectivity index is 2.52. The highest BCUT2D eigenvalue weighted by atomic mass is 19.1. The summed E-state index contributed by atoms with van der Waals surface area (Å²) in [6, 6.07) is 1.83. The number of nitrogens with two attached hydrogens (primary N) is 1. The van der Waals surface area contributed by atoms with Crippen LogP contribution in [0.1, 0.15) is 10.4 Å². The second kappa shape index (κ2) is 6.92. The molecule has 0 aromatic heterocycles. The summed E-state index contributed by atoms with van der Waals surface area (Å²) in [5, 5.41) is 15.7. The zero-order valence-electron chi connectivity index (χ0n) is 10.3. The lowest BCUT2D eigenvalue weighted by molar-refractivity contribution is 0.0692. The van der Waals surface area contributed by atoms with E-state index in [4.69, 9.17) is 10.8 Å². The van der Waals surface area contributed by atoms with E-state index in [1.165, 1.54) is 6.07 Å². The maximum Gasteiger partial charge on any atom is 0.338 e. The third kappa shape index (κ3) is 4.80. The highest BCUT2D eigenvalue weighted by Crippen LogP contribution is 2.14. The van der Waals surface area contributed by atoms with Crippen LogP contribution in [0, 0.1) is 5.82 Å². The van der Waals surface area contributed by atoms with Crippen molar-refractivity contribution in [2.24, 2.45) is 5.73 Å². The Morgan fingerprint density at radius 3 is 2.45 bits per heavy atom. The number of hydrogen-bond donors (Lipinski definition) is 5. The van der Waals surface area contributed by atoms with Crippen molar-refractivity contribution in [2.75, 3.05) is 18.4 Å². The lowest BCUT2D eigenvalue weighted by Crippen LogP contribution is -2.38. The van der Waals surface area contributed by atoms with E-state index in [1.807, 2.05) is 0 Å². The SMILES string of the molecule is NC(=O)NCCNC(=O)Nc1ccc(F)c(C(=O)O)c1. The predicted octanol–water partition coefficient (Wildman–Crippen LogP) is 0.314. The topological polar surface area (TPSA) is 134 Å². The van der Waals surface area contributed by atoms with Gasteiger partial charge in [-0.3, -0.25) is 0 Å². The second-order valence-corrected chi connectivity index (χ2v) is 3.67. The van der Waals surface area contributed by atoms with Crippen molar-refractivity contribution in [2.45, 2.75) is 0 Å². The van der Waals surface area contributed by atoms with Crippen molar-refractivity contribution in [3.8, 4) is 0 Å². The van der Waals surface area contributed by atoms with Gasteiger partial charge in [0.05, 0.1) is 5.56 Å². The Hall–Kier alpha value is -2.84. The number of halogens is 1. The number of carboxylic acids is 1. The molecule has 20 heavy (non-hydrogen) atoms. The zero-order valence-corrected chi connectivity index (χ0v) is 10.3. The normalized spacial score (nSPS) is 9.65. The van der Waals surface area contributed by atoms with E-state index in [2.05, 4.69) is 16.0 Å². The average molecular weight is 284 g/mol. The molecule has 0 radical (unpaired) electrons. The number of amides is 4. The van der Waals surface area contributed by atoms with Crippen LogP contribution in [0.5, 0.6) is 0 Å². The molecule has 0 spiro atoms. The van der Waals surface area contributed by atoms with Gasteiger partial charge in [-0.2, -0.15) is 0 Å². The van der Waals surface area contributed by atoms with E-state index in [1.54, 1.807) is 0 Å². The van der Waals surface area contributed by atoms with Gasteiger partial charge in [0.1, 0.15) is 5.82 Å². The Morgan fingerprint density at radius 2 is 1.85 bits per heavy atom. The molecule has 0 aliphatic carbocycles. The van der Waals surface area contributed by atoms with Crippen LogP contribution in [0.3, 0.4) is 0 Å². The third-order valence-electron chi connectivity index (χ3n) is 2.16. The van der Waals surface area contributed by atoms with E-state index >= 15 is 0 Å². The lowest BCUT2D eigenvalue weighted by Gasteiger charge is -2.08. The summed E-state index contributed by atoms with van der Waals surface area (Å²) >= 11 is 0. The summed E-state index contributed by atoms with van der Waals surface area (Å²) in [4.78, 5) is 32.5. The van der Waals surface area contributed by atoms with Crippen molar-refractivity contribution >= 4 is 23.7 Å². The van der Waals surface area contributed by atoms with Crippen LogP contribution < -0.4 is 21.7 Å². The predicted molar refractivity (Wildman–Crippen MR) is 68.0 cm³/mol. The fraction of sp³-hybridized carbons (Fsp3) is 0.182. The van der Waals surface area contributed by atoms with Gasteiger partial charge in [-0.05, 0) is 18.2 Å². The van der Waals surface area contributed by atoms with E-state index in [-0.39, 0.29) is 18.8 Å². The van der Waals surface area contributed by atoms with Crippen LogP contribution in [0.4, 0.5) is 19.7 Å². The van der Waals surface area contributed by atoms with Crippen molar-refractivity contribution in [3.63, 3.8) is 0 Å². The molecule has 6 N–H and O–H groups in total. The number of carbonyl (C=O) groups excluding carboxylic acids is 2. The van der Waals surface area contributed by atoms with E-state index in [9.17, 15) is 18.8 Å². The largest absolute Gasteiger partial charge is 0.478 e. The summed E-state index contributed by atoms with van der Waals surface area (Å²) in [7, 11) is 0.